The van der Waals surface area contributed by atoms with E-state index in [9.17, 15) is 0 Å². The summed E-state index contributed by atoms with van der Waals surface area (Å²) in [6, 6.07) is 30.6. The van der Waals surface area contributed by atoms with Crippen molar-refractivity contribution in [3.63, 3.8) is 0 Å². The Morgan fingerprint density at radius 1 is 0.533 bits per heavy atom. The Labute approximate surface area is 179 Å². The van der Waals surface area contributed by atoms with Gasteiger partial charge in [0.25, 0.3) is 0 Å². The second kappa shape index (κ2) is 8.46. The van der Waals surface area contributed by atoms with E-state index in [2.05, 4.69) is 109 Å². The van der Waals surface area contributed by atoms with E-state index in [-0.39, 0.29) is 0 Å². The first-order chi connectivity index (χ1) is 14.6. The monoisotopic (exact) mass is 392 g/mol. The third-order valence-corrected chi connectivity index (χ3v) is 5.57. The SMILES string of the molecule is CNc1ccc(-c2ccc(NC)c(-c3cccc(C)c3)c2-c2cccc(C)c2)cc1. The maximum atomic E-state index is 3.43. The minimum Gasteiger partial charge on any atom is -0.388 e. The van der Waals surface area contributed by atoms with Gasteiger partial charge in [-0.05, 0) is 59.9 Å². The van der Waals surface area contributed by atoms with Gasteiger partial charge in [0, 0.05) is 31.0 Å². The molecule has 2 N–H and O–H groups in total. The van der Waals surface area contributed by atoms with Crippen LogP contribution in [0.1, 0.15) is 11.1 Å². The number of rotatable bonds is 5. The zero-order valence-corrected chi connectivity index (χ0v) is 18.1. The summed E-state index contributed by atoms with van der Waals surface area (Å²) in [7, 11) is 3.95. The molecule has 150 valence electrons. The summed E-state index contributed by atoms with van der Waals surface area (Å²) in [5.41, 5.74) is 12.2. The Bertz CT molecular complexity index is 1170. The van der Waals surface area contributed by atoms with Gasteiger partial charge in [-0.15, -0.1) is 0 Å². The minimum absolute atomic E-state index is 1.11. The quantitative estimate of drug-likeness (QED) is 0.370. The zero-order valence-electron chi connectivity index (χ0n) is 18.1. The van der Waals surface area contributed by atoms with Crippen LogP contribution in [0.2, 0.25) is 0 Å². The number of nitrogens with one attached hydrogen (secondary N) is 2. The first-order valence-electron chi connectivity index (χ1n) is 10.4. The van der Waals surface area contributed by atoms with E-state index in [1.54, 1.807) is 0 Å². The molecule has 2 nitrogen and oxygen atoms in total. The molecule has 0 unspecified atom stereocenters. The van der Waals surface area contributed by atoms with Gasteiger partial charge in [-0.25, -0.2) is 0 Å². The summed E-state index contributed by atoms with van der Waals surface area (Å²) in [6.45, 7) is 4.30. The van der Waals surface area contributed by atoms with Crippen molar-refractivity contribution < 1.29 is 0 Å². The highest BCUT2D eigenvalue weighted by atomic mass is 14.8. The van der Waals surface area contributed by atoms with Crippen molar-refractivity contribution in [3.05, 3.63) is 96.1 Å². The second-order valence-corrected chi connectivity index (χ2v) is 7.73. The third-order valence-electron chi connectivity index (χ3n) is 5.57. The predicted molar refractivity (Wildman–Crippen MR) is 131 cm³/mol. The van der Waals surface area contributed by atoms with Crippen LogP contribution >= 0.6 is 0 Å². The van der Waals surface area contributed by atoms with Crippen LogP contribution in [0, 0.1) is 13.8 Å². The lowest BCUT2D eigenvalue weighted by atomic mass is 9.85. The molecule has 30 heavy (non-hydrogen) atoms. The fraction of sp³-hybridized carbons (Fsp3) is 0.143. The molecular weight excluding hydrogens is 364 g/mol. The van der Waals surface area contributed by atoms with E-state index >= 15 is 0 Å². The van der Waals surface area contributed by atoms with Crippen molar-refractivity contribution in [1.29, 1.82) is 0 Å². The molecule has 4 aromatic rings. The Morgan fingerprint density at radius 2 is 1.13 bits per heavy atom. The van der Waals surface area contributed by atoms with Crippen LogP contribution < -0.4 is 10.6 Å². The number of hydrogen-bond donors (Lipinski definition) is 2. The van der Waals surface area contributed by atoms with Crippen LogP contribution in [0.15, 0.2) is 84.9 Å². The zero-order chi connectivity index (χ0) is 21.1. The van der Waals surface area contributed by atoms with E-state index < -0.39 is 0 Å². The molecule has 0 aliphatic carbocycles. The molecule has 0 aromatic heterocycles. The van der Waals surface area contributed by atoms with Crippen molar-refractivity contribution in [1.82, 2.24) is 0 Å². The summed E-state index contributed by atoms with van der Waals surface area (Å²) in [5.74, 6) is 0. The molecule has 0 aliphatic rings. The van der Waals surface area contributed by atoms with Gasteiger partial charge in [-0.2, -0.15) is 0 Å². The first kappa shape index (κ1) is 19.8. The topological polar surface area (TPSA) is 24.1 Å². The number of aryl methyl sites for hydroxylation is 2. The summed E-state index contributed by atoms with van der Waals surface area (Å²) < 4.78 is 0. The first-order valence-corrected chi connectivity index (χ1v) is 10.4. The van der Waals surface area contributed by atoms with Crippen LogP contribution in [-0.2, 0) is 0 Å². The Hall–Kier alpha value is -3.52. The van der Waals surface area contributed by atoms with Crippen molar-refractivity contribution in [3.8, 4) is 33.4 Å². The van der Waals surface area contributed by atoms with E-state index in [0.717, 1.165) is 11.4 Å². The fourth-order valence-corrected chi connectivity index (χ4v) is 4.07. The minimum atomic E-state index is 1.11. The lowest BCUT2D eigenvalue weighted by molar-refractivity contribution is 1.43. The van der Waals surface area contributed by atoms with Gasteiger partial charge >= 0.3 is 0 Å². The molecule has 4 aromatic carbocycles. The second-order valence-electron chi connectivity index (χ2n) is 7.73. The number of hydrogen-bond acceptors (Lipinski definition) is 2. The van der Waals surface area contributed by atoms with E-state index in [0.29, 0.717) is 0 Å². The fourth-order valence-electron chi connectivity index (χ4n) is 4.07. The highest BCUT2D eigenvalue weighted by molar-refractivity contribution is 6.00. The van der Waals surface area contributed by atoms with Gasteiger partial charge < -0.3 is 10.6 Å². The van der Waals surface area contributed by atoms with E-state index in [1.165, 1.54) is 44.5 Å². The van der Waals surface area contributed by atoms with Crippen molar-refractivity contribution in [2.75, 3.05) is 24.7 Å². The third kappa shape index (κ3) is 3.81. The summed E-state index contributed by atoms with van der Waals surface area (Å²) in [6.07, 6.45) is 0. The van der Waals surface area contributed by atoms with Crippen LogP contribution in [0.5, 0.6) is 0 Å². The van der Waals surface area contributed by atoms with Gasteiger partial charge in [-0.3, -0.25) is 0 Å². The highest BCUT2D eigenvalue weighted by Crippen LogP contribution is 2.44. The van der Waals surface area contributed by atoms with Gasteiger partial charge in [0.1, 0.15) is 0 Å². The lowest BCUT2D eigenvalue weighted by Crippen LogP contribution is -1.98. The molecule has 0 fully saturated rings. The van der Waals surface area contributed by atoms with Gasteiger partial charge in [0.2, 0.25) is 0 Å². The molecule has 2 heteroatoms. The van der Waals surface area contributed by atoms with Crippen LogP contribution in [0.25, 0.3) is 33.4 Å². The molecule has 0 amide bonds. The maximum absolute atomic E-state index is 3.43. The summed E-state index contributed by atoms with van der Waals surface area (Å²) in [4.78, 5) is 0. The summed E-state index contributed by atoms with van der Waals surface area (Å²) >= 11 is 0. The largest absolute Gasteiger partial charge is 0.388 e. The van der Waals surface area contributed by atoms with Gasteiger partial charge in [-0.1, -0.05) is 77.9 Å². The molecule has 0 saturated heterocycles. The molecule has 0 aliphatic heterocycles. The molecule has 0 heterocycles. The van der Waals surface area contributed by atoms with Crippen molar-refractivity contribution >= 4 is 11.4 Å². The predicted octanol–water partition coefficient (Wildman–Crippen LogP) is 7.39. The highest BCUT2D eigenvalue weighted by Gasteiger charge is 2.18. The Morgan fingerprint density at radius 3 is 1.67 bits per heavy atom. The van der Waals surface area contributed by atoms with E-state index in [4.69, 9.17) is 0 Å². The molecule has 0 spiro atoms. The van der Waals surface area contributed by atoms with Crippen LogP contribution in [0.3, 0.4) is 0 Å². The molecule has 0 radical (unpaired) electrons. The maximum Gasteiger partial charge on any atom is 0.0424 e. The summed E-state index contributed by atoms with van der Waals surface area (Å²) in [5, 5.41) is 6.64. The molecular formula is C28H28N2. The standard InChI is InChI=1S/C28H28N2/c1-19-7-5-9-22(17-19)27-25(21-11-13-24(29-3)14-12-21)15-16-26(30-4)28(27)23-10-6-8-20(2)18-23/h5-18,29-30H,1-4H3. The van der Waals surface area contributed by atoms with Crippen molar-refractivity contribution in [2.45, 2.75) is 13.8 Å². The van der Waals surface area contributed by atoms with Crippen LogP contribution in [0.4, 0.5) is 11.4 Å². The Balaban J connectivity index is 2.07. The number of benzene rings is 4. The average molecular weight is 393 g/mol. The van der Waals surface area contributed by atoms with Gasteiger partial charge in [0.15, 0.2) is 0 Å². The lowest BCUT2D eigenvalue weighted by Gasteiger charge is -2.21. The molecule has 4 rings (SSSR count). The molecule has 0 bridgehead atoms. The number of anilines is 2. The van der Waals surface area contributed by atoms with Crippen LogP contribution in [-0.4, -0.2) is 14.1 Å². The smallest absolute Gasteiger partial charge is 0.0424 e. The molecule has 0 atom stereocenters. The van der Waals surface area contributed by atoms with Gasteiger partial charge in [0.05, 0.1) is 0 Å². The Kier molecular flexibility index (Phi) is 5.58. The normalized spacial score (nSPS) is 10.7. The van der Waals surface area contributed by atoms with E-state index in [1.807, 2.05) is 14.1 Å². The average Bonchev–Trinajstić information content (AvgIpc) is 2.78. The van der Waals surface area contributed by atoms with Crippen molar-refractivity contribution in [2.24, 2.45) is 0 Å². The molecule has 0 saturated carbocycles.